The SMILES string of the molecule is CN(C)c1cccc(-c2nc3cc(-c4ccco4)cnc3[nH]2)c1. The molecule has 0 aliphatic rings. The molecule has 1 N–H and O–H groups in total. The molecule has 0 aliphatic heterocycles. The molecule has 5 heteroatoms. The van der Waals surface area contributed by atoms with Crippen molar-refractivity contribution in [1.82, 2.24) is 15.0 Å². The van der Waals surface area contributed by atoms with Crippen molar-refractivity contribution in [3.63, 3.8) is 0 Å². The highest BCUT2D eigenvalue weighted by Gasteiger charge is 2.10. The van der Waals surface area contributed by atoms with E-state index in [9.17, 15) is 0 Å². The van der Waals surface area contributed by atoms with Gasteiger partial charge in [0.15, 0.2) is 5.65 Å². The summed E-state index contributed by atoms with van der Waals surface area (Å²) in [6, 6.07) is 14.0. The van der Waals surface area contributed by atoms with Gasteiger partial charge in [0.05, 0.1) is 6.26 Å². The van der Waals surface area contributed by atoms with E-state index in [4.69, 9.17) is 4.42 Å². The van der Waals surface area contributed by atoms with Crippen LogP contribution in [0.2, 0.25) is 0 Å². The highest BCUT2D eigenvalue weighted by atomic mass is 16.3. The van der Waals surface area contributed by atoms with Crippen LogP contribution in [0.5, 0.6) is 0 Å². The number of nitrogens with one attached hydrogen (secondary N) is 1. The standard InChI is InChI=1S/C18H16N4O/c1-22(2)14-6-3-5-12(9-14)17-20-15-10-13(11-19-18(15)21-17)16-7-4-8-23-16/h3-11H,1-2H3,(H,19,20,21). The maximum Gasteiger partial charge on any atom is 0.157 e. The molecule has 0 atom stereocenters. The van der Waals surface area contributed by atoms with Gasteiger partial charge in [-0.05, 0) is 30.3 Å². The van der Waals surface area contributed by atoms with E-state index in [1.807, 2.05) is 44.4 Å². The molecule has 0 fully saturated rings. The van der Waals surface area contributed by atoms with Crippen molar-refractivity contribution >= 4 is 16.9 Å². The zero-order valence-corrected chi connectivity index (χ0v) is 12.9. The Morgan fingerprint density at radius 3 is 2.74 bits per heavy atom. The van der Waals surface area contributed by atoms with Gasteiger partial charge in [0, 0.05) is 37.1 Å². The number of imidazole rings is 1. The second-order valence-corrected chi connectivity index (χ2v) is 5.60. The van der Waals surface area contributed by atoms with Crippen molar-refractivity contribution in [2.24, 2.45) is 0 Å². The van der Waals surface area contributed by atoms with E-state index in [-0.39, 0.29) is 0 Å². The Kier molecular flexibility index (Phi) is 3.12. The number of anilines is 1. The lowest BCUT2D eigenvalue weighted by molar-refractivity contribution is 0.582. The highest BCUT2D eigenvalue weighted by Crippen LogP contribution is 2.26. The summed E-state index contributed by atoms with van der Waals surface area (Å²) >= 11 is 0. The lowest BCUT2D eigenvalue weighted by Crippen LogP contribution is -2.08. The second-order valence-electron chi connectivity index (χ2n) is 5.60. The average Bonchev–Trinajstić information content (AvgIpc) is 3.23. The van der Waals surface area contributed by atoms with E-state index >= 15 is 0 Å². The van der Waals surface area contributed by atoms with Gasteiger partial charge < -0.3 is 14.3 Å². The number of rotatable bonds is 3. The molecule has 114 valence electrons. The van der Waals surface area contributed by atoms with Gasteiger partial charge in [-0.3, -0.25) is 0 Å². The molecule has 0 saturated heterocycles. The highest BCUT2D eigenvalue weighted by molar-refractivity contribution is 5.80. The average molecular weight is 304 g/mol. The number of hydrogen-bond acceptors (Lipinski definition) is 4. The van der Waals surface area contributed by atoms with E-state index in [0.717, 1.165) is 39.6 Å². The fourth-order valence-electron chi connectivity index (χ4n) is 2.54. The van der Waals surface area contributed by atoms with Crippen molar-refractivity contribution in [2.75, 3.05) is 19.0 Å². The molecule has 0 radical (unpaired) electrons. The number of benzene rings is 1. The molecule has 4 aromatic rings. The van der Waals surface area contributed by atoms with Gasteiger partial charge in [-0.25, -0.2) is 9.97 Å². The fourth-order valence-corrected chi connectivity index (χ4v) is 2.54. The first-order valence-electron chi connectivity index (χ1n) is 7.38. The van der Waals surface area contributed by atoms with Crippen LogP contribution in [0.3, 0.4) is 0 Å². The third-order valence-electron chi connectivity index (χ3n) is 3.78. The van der Waals surface area contributed by atoms with Crippen LogP contribution in [0.15, 0.2) is 59.3 Å². The summed E-state index contributed by atoms with van der Waals surface area (Å²) in [6.07, 6.45) is 3.45. The van der Waals surface area contributed by atoms with Gasteiger partial charge in [0.1, 0.15) is 17.1 Å². The molecule has 1 aromatic carbocycles. The number of nitrogens with zero attached hydrogens (tertiary/aromatic N) is 3. The fraction of sp³-hybridized carbons (Fsp3) is 0.111. The number of H-pyrrole nitrogens is 1. The molecular formula is C18H16N4O. The lowest BCUT2D eigenvalue weighted by Gasteiger charge is -2.12. The van der Waals surface area contributed by atoms with E-state index in [0.29, 0.717) is 0 Å². The van der Waals surface area contributed by atoms with Crippen molar-refractivity contribution in [3.8, 4) is 22.7 Å². The molecular weight excluding hydrogens is 288 g/mol. The van der Waals surface area contributed by atoms with Gasteiger partial charge in [0.2, 0.25) is 0 Å². The predicted octanol–water partition coefficient (Wildman–Crippen LogP) is 3.95. The largest absolute Gasteiger partial charge is 0.464 e. The molecule has 5 nitrogen and oxygen atoms in total. The summed E-state index contributed by atoms with van der Waals surface area (Å²) in [5, 5.41) is 0. The van der Waals surface area contributed by atoms with E-state index in [1.165, 1.54) is 0 Å². The Morgan fingerprint density at radius 2 is 1.96 bits per heavy atom. The van der Waals surface area contributed by atoms with Crippen LogP contribution < -0.4 is 4.90 Å². The van der Waals surface area contributed by atoms with Gasteiger partial charge in [0.25, 0.3) is 0 Å². The van der Waals surface area contributed by atoms with Gasteiger partial charge in [-0.15, -0.1) is 0 Å². The Morgan fingerprint density at radius 1 is 1.04 bits per heavy atom. The minimum absolute atomic E-state index is 0.769. The van der Waals surface area contributed by atoms with Crippen LogP contribution >= 0.6 is 0 Å². The first-order chi connectivity index (χ1) is 11.2. The van der Waals surface area contributed by atoms with Gasteiger partial charge in [-0.2, -0.15) is 0 Å². The summed E-state index contributed by atoms with van der Waals surface area (Å²) in [5.74, 6) is 1.60. The molecule has 0 amide bonds. The number of aromatic nitrogens is 3. The van der Waals surface area contributed by atoms with Crippen LogP contribution in [0.4, 0.5) is 5.69 Å². The van der Waals surface area contributed by atoms with E-state index in [2.05, 4.69) is 32.0 Å². The van der Waals surface area contributed by atoms with Gasteiger partial charge in [-0.1, -0.05) is 12.1 Å². The zero-order valence-electron chi connectivity index (χ0n) is 12.9. The Bertz CT molecular complexity index is 954. The molecule has 0 aliphatic carbocycles. The summed E-state index contributed by atoms with van der Waals surface area (Å²) in [4.78, 5) is 14.5. The van der Waals surface area contributed by atoms with Gasteiger partial charge >= 0.3 is 0 Å². The van der Waals surface area contributed by atoms with E-state index < -0.39 is 0 Å². The van der Waals surface area contributed by atoms with Crippen molar-refractivity contribution in [1.29, 1.82) is 0 Å². The first kappa shape index (κ1) is 13.6. The number of pyridine rings is 1. The van der Waals surface area contributed by atoms with Crippen molar-refractivity contribution in [2.45, 2.75) is 0 Å². The van der Waals surface area contributed by atoms with Crippen LogP contribution in [-0.2, 0) is 0 Å². The maximum atomic E-state index is 5.42. The summed E-state index contributed by atoms with van der Waals surface area (Å²) in [7, 11) is 4.05. The predicted molar refractivity (Wildman–Crippen MR) is 91.4 cm³/mol. The summed E-state index contributed by atoms with van der Waals surface area (Å²) in [6.45, 7) is 0. The summed E-state index contributed by atoms with van der Waals surface area (Å²) in [5.41, 5.74) is 4.68. The number of furan rings is 1. The van der Waals surface area contributed by atoms with E-state index in [1.54, 1.807) is 12.5 Å². The minimum atomic E-state index is 0.769. The third kappa shape index (κ3) is 2.46. The quantitative estimate of drug-likeness (QED) is 0.622. The number of aromatic amines is 1. The monoisotopic (exact) mass is 304 g/mol. The zero-order chi connectivity index (χ0) is 15.8. The molecule has 0 bridgehead atoms. The van der Waals surface area contributed by atoms with Crippen LogP contribution in [0.25, 0.3) is 33.9 Å². The molecule has 23 heavy (non-hydrogen) atoms. The third-order valence-corrected chi connectivity index (χ3v) is 3.78. The summed E-state index contributed by atoms with van der Waals surface area (Å²) < 4.78 is 5.42. The second kappa shape index (κ2) is 5.28. The van der Waals surface area contributed by atoms with Crippen molar-refractivity contribution < 1.29 is 4.42 Å². The van der Waals surface area contributed by atoms with Crippen LogP contribution in [0.1, 0.15) is 0 Å². The first-order valence-corrected chi connectivity index (χ1v) is 7.38. The topological polar surface area (TPSA) is 58.0 Å². The Balaban J connectivity index is 1.78. The van der Waals surface area contributed by atoms with Crippen LogP contribution in [-0.4, -0.2) is 29.0 Å². The van der Waals surface area contributed by atoms with Crippen molar-refractivity contribution in [3.05, 3.63) is 54.9 Å². The molecule has 0 saturated carbocycles. The lowest BCUT2D eigenvalue weighted by atomic mass is 10.2. The normalized spacial score (nSPS) is 11.0. The number of fused-ring (bicyclic) bond motifs is 1. The molecule has 0 unspecified atom stereocenters. The Hall–Kier alpha value is -3.08. The smallest absolute Gasteiger partial charge is 0.157 e. The maximum absolute atomic E-state index is 5.42. The van der Waals surface area contributed by atoms with Crippen LogP contribution in [0, 0.1) is 0 Å². The Labute approximate surface area is 133 Å². The number of hydrogen-bond donors (Lipinski definition) is 1. The molecule has 4 rings (SSSR count). The minimum Gasteiger partial charge on any atom is -0.464 e. The molecule has 0 spiro atoms. The molecule has 3 aromatic heterocycles. The molecule has 3 heterocycles.